The number of fused-ring (bicyclic) bond motifs is 5. The van der Waals surface area contributed by atoms with E-state index in [1.165, 1.54) is 11.1 Å². The second-order valence-corrected chi connectivity index (χ2v) is 8.41. The van der Waals surface area contributed by atoms with Crippen molar-refractivity contribution in [3.05, 3.63) is 71.8 Å². The first-order chi connectivity index (χ1) is 13.7. The first kappa shape index (κ1) is 17.6. The summed E-state index contributed by atoms with van der Waals surface area (Å²) in [6.45, 7) is 1.31. The van der Waals surface area contributed by atoms with Crippen LogP contribution in [0.2, 0.25) is 0 Å². The normalized spacial score (nSPS) is 30.9. The molecule has 4 heteroatoms. The van der Waals surface area contributed by atoms with E-state index >= 15 is 0 Å². The summed E-state index contributed by atoms with van der Waals surface area (Å²) in [5, 5.41) is 3.68. The quantitative estimate of drug-likeness (QED) is 0.791. The summed E-state index contributed by atoms with van der Waals surface area (Å²) in [6.07, 6.45) is 2.86. The molecule has 5 atom stereocenters. The van der Waals surface area contributed by atoms with E-state index in [0.717, 1.165) is 25.8 Å². The number of carbonyl (C=O) groups excluding carboxylic acids is 2. The summed E-state index contributed by atoms with van der Waals surface area (Å²) < 4.78 is 0. The number of likely N-dealkylation sites (tertiary alicyclic amines) is 1. The smallest absolute Gasteiger partial charge is 0.233 e. The van der Waals surface area contributed by atoms with Gasteiger partial charge in [-0.1, -0.05) is 60.7 Å². The molecule has 28 heavy (non-hydrogen) atoms. The predicted molar refractivity (Wildman–Crippen MR) is 107 cm³/mol. The number of imide groups is 1. The Labute approximate surface area is 165 Å². The zero-order valence-electron chi connectivity index (χ0n) is 16.0. The number of amides is 2. The summed E-state index contributed by atoms with van der Waals surface area (Å²) in [6, 6.07) is 20.7. The molecular formula is C24H26N2O2. The van der Waals surface area contributed by atoms with Crippen LogP contribution in [0.3, 0.4) is 0 Å². The molecule has 2 saturated carbocycles. The fourth-order valence-electron chi connectivity index (χ4n) is 5.78. The van der Waals surface area contributed by atoms with Crippen LogP contribution in [0.15, 0.2) is 60.7 Å². The highest BCUT2D eigenvalue weighted by Gasteiger charge is 2.64. The average molecular weight is 374 g/mol. The van der Waals surface area contributed by atoms with E-state index in [2.05, 4.69) is 29.6 Å². The molecule has 2 amide bonds. The van der Waals surface area contributed by atoms with Crippen molar-refractivity contribution in [2.24, 2.45) is 23.7 Å². The Balaban J connectivity index is 1.27. The Morgan fingerprint density at radius 2 is 1.32 bits per heavy atom. The Hall–Kier alpha value is -2.46. The molecule has 2 aromatic rings. The molecule has 0 radical (unpaired) electrons. The van der Waals surface area contributed by atoms with E-state index < -0.39 is 0 Å². The lowest BCUT2D eigenvalue weighted by Gasteiger charge is -2.23. The van der Waals surface area contributed by atoms with Crippen molar-refractivity contribution in [3.63, 3.8) is 0 Å². The Bertz CT molecular complexity index is 837. The fourth-order valence-corrected chi connectivity index (χ4v) is 5.78. The number of benzene rings is 2. The van der Waals surface area contributed by atoms with E-state index in [1.54, 1.807) is 4.90 Å². The van der Waals surface area contributed by atoms with E-state index in [0.29, 0.717) is 24.4 Å². The van der Waals surface area contributed by atoms with E-state index in [-0.39, 0.29) is 23.7 Å². The third-order valence-corrected chi connectivity index (χ3v) is 7.02. The van der Waals surface area contributed by atoms with Crippen molar-refractivity contribution in [3.8, 4) is 0 Å². The van der Waals surface area contributed by atoms with E-state index in [4.69, 9.17) is 0 Å². The molecule has 1 saturated heterocycles. The molecule has 0 spiro atoms. The third-order valence-electron chi connectivity index (χ3n) is 7.02. The van der Waals surface area contributed by atoms with E-state index in [1.807, 2.05) is 36.4 Å². The van der Waals surface area contributed by atoms with Crippen molar-refractivity contribution in [1.82, 2.24) is 10.2 Å². The maximum absolute atomic E-state index is 13.1. The van der Waals surface area contributed by atoms with Crippen LogP contribution < -0.4 is 5.32 Å². The second kappa shape index (κ2) is 7.17. The van der Waals surface area contributed by atoms with Gasteiger partial charge in [0.15, 0.2) is 0 Å². The van der Waals surface area contributed by atoms with Gasteiger partial charge in [-0.25, -0.2) is 0 Å². The van der Waals surface area contributed by atoms with Crippen molar-refractivity contribution in [2.75, 3.05) is 6.54 Å². The molecule has 5 rings (SSSR count). The fraction of sp³-hybridized carbons (Fsp3) is 0.417. The lowest BCUT2D eigenvalue weighted by molar-refractivity contribution is -0.140. The molecule has 1 aliphatic heterocycles. The van der Waals surface area contributed by atoms with Crippen LogP contribution in [-0.4, -0.2) is 29.3 Å². The van der Waals surface area contributed by atoms with Crippen molar-refractivity contribution in [1.29, 1.82) is 0 Å². The molecular weight excluding hydrogens is 348 g/mol. The summed E-state index contributed by atoms with van der Waals surface area (Å²) in [7, 11) is 0. The monoisotopic (exact) mass is 374 g/mol. The van der Waals surface area contributed by atoms with Gasteiger partial charge in [-0.05, 0) is 42.2 Å². The van der Waals surface area contributed by atoms with Gasteiger partial charge < -0.3 is 5.32 Å². The molecule has 1 N–H and O–H groups in total. The van der Waals surface area contributed by atoms with Crippen molar-refractivity contribution < 1.29 is 9.59 Å². The highest BCUT2D eigenvalue weighted by molar-refractivity contribution is 6.06. The molecule has 2 aliphatic carbocycles. The van der Waals surface area contributed by atoms with Crippen LogP contribution in [0, 0.1) is 23.7 Å². The topological polar surface area (TPSA) is 49.4 Å². The molecule has 1 unspecified atom stereocenters. The standard InChI is InChI=1S/C24H26N2O2/c27-23-20-18-11-12-19(22(18)25-15-17-9-5-2-6-10-17)21(20)24(28)26(23)14-13-16-7-3-1-4-8-16/h1-10,18-22,25H,11-15H2/t18-,19+,20-,21+,22?. The maximum atomic E-state index is 13.1. The molecule has 2 bridgehead atoms. The SMILES string of the molecule is O=C1[C@@H]2[C@H](C(=O)N1CCc1ccccc1)[C@H]1CC[C@@H]2C1NCc1ccccc1. The Morgan fingerprint density at radius 3 is 1.89 bits per heavy atom. The largest absolute Gasteiger partial charge is 0.309 e. The van der Waals surface area contributed by atoms with Gasteiger partial charge in [0, 0.05) is 19.1 Å². The zero-order valence-corrected chi connectivity index (χ0v) is 16.0. The third kappa shape index (κ3) is 2.87. The van der Waals surface area contributed by atoms with Gasteiger partial charge in [0.25, 0.3) is 0 Å². The number of nitrogens with one attached hydrogen (secondary N) is 1. The van der Waals surface area contributed by atoms with Gasteiger partial charge in [-0.15, -0.1) is 0 Å². The average Bonchev–Trinajstić information content (AvgIpc) is 3.36. The zero-order chi connectivity index (χ0) is 19.1. The Morgan fingerprint density at radius 1 is 0.786 bits per heavy atom. The summed E-state index contributed by atoms with van der Waals surface area (Å²) in [5.41, 5.74) is 2.42. The van der Waals surface area contributed by atoms with Crippen LogP contribution in [0.5, 0.6) is 0 Å². The summed E-state index contributed by atoms with van der Waals surface area (Å²) in [5.74, 6) is 0.550. The van der Waals surface area contributed by atoms with Crippen LogP contribution >= 0.6 is 0 Å². The minimum Gasteiger partial charge on any atom is -0.309 e. The highest BCUT2D eigenvalue weighted by atomic mass is 16.2. The number of hydrogen-bond donors (Lipinski definition) is 1. The van der Waals surface area contributed by atoms with Gasteiger partial charge in [0.2, 0.25) is 11.8 Å². The van der Waals surface area contributed by atoms with Gasteiger partial charge >= 0.3 is 0 Å². The van der Waals surface area contributed by atoms with Crippen LogP contribution in [0.25, 0.3) is 0 Å². The first-order valence-corrected chi connectivity index (χ1v) is 10.4. The van der Waals surface area contributed by atoms with Gasteiger partial charge in [0.05, 0.1) is 11.8 Å². The summed E-state index contributed by atoms with van der Waals surface area (Å²) in [4.78, 5) is 27.8. The summed E-state index contributed by atoms with van der Waals surface area (Å²) >= 11 is 0. The van der Waals surface area contributed by atoms with Gasteiger partial charge in [-0.3, -0.25) is 14.5 Å². The van der Waals surface area contributed by atoms with Crippen molar-refractivity contribution in [2.45, 2.75) is 31.8 Å². The van der Waals surface area contributed by atoms with Gasteiger partial charge in [0.1, 0.15) is 0 Å². The molecule has 3 aliphatic rings. The predicted octanol–water partition coefficient (Wildman–Crippen LogP) is 3.03. The highest BCUT2D eigenvalue weighted by Crippen LogP contribution is 2.56. The second-order valence-electron chi connectivity index (χ2n) is 8.41. The van der Waals surface area contributed by atoms with E-state index in [9.17, 15) is 9.59 Å². The van der Waals surface area contributed by atoms with Crippen LogP contribution in [0.4, 0.5) is 0 Å². The molecule has 2 aromatic carbocycles. The van der Waals surface area contributed by atoms with Gasteiger partial charge in [-0.2, -0.15) is 0 Å². The minimum atomic E-state index is -0.102. The number of nitrogens with zero attached hydrogens (tertiary/aromatic N) is 1. The number of carbonyl (C=O) groups is 2. The molecule has 144 valence electrons. The number of rotatable bonds is 6. The first-order valence-electron chi connectivity index (χ1n) is 10.4. The molecule has 0 aromatic heterocycles. The van der Waals surface area contributed by atoms with Crippen LogP contribution in [-0.2, 0) is 22.6 Å². The Kier molecular flexibility index (Phi) is 4.52. The molecule has 4 nitrogen and oxygen atoms in total. The van der Waals surface area contributed by atoms with Crippen molar-refractivity contribution >= 4 is 11.8 Å². The van der Waals surface area contributed by atoms with Crippen LogP contribution in [0.1, 0.15) is 24.0 Å². The molecule has 1 heterocycles. The lowest BCUT2D eigenvalue weighted by Crippen LogP contribution is -2.40. The number of hydrogen-bond acceptors (Lipinski definition) is 3. The molecule has 3 fully saturated rings. The lowest BCUT2D eigenvalue weighted by atomic mass is 9.81. The minimum absolute atomic E-state index is 0.0737. The maximum Gasteiger partial charge on any atom is 0.233 e.